The van der Waals surface area contributed by atoms with Crippen molar-refractivity contribution in [3.63, 3.8) is 0 Å². The Morgan fingerprint density at radius 1 is 0.697 bits per heavy atom. The van der Waals surface area contributed by atoms with E-state index in [0.717, 1.165) is 10.8 Å². The molecule has 0 aliphatic carbocycles. The molecule has 2 N–H and O–H groups in total. The van der Waals surface area contributed by atoms with Crippen molar-refractivity contribution in [2.45, 2.75) is 0 Å². The normalized spacial score (nSPS) is 10.9. The quantitative estimate of drug-likeness (QED) is 0.302. The van der Waals surface area contributed by atoms with Gasteiger partial charge in [0.25, 0.3) is 5.91 Å². The Hall–Kier alpha value is -4.29. The number of carboxylic acid groups (broad SMARTS) is 1. The first-order valence-corrected chi connectivity index (χ1v) is 10.4. The largest absolute Gasteiger partial charge is 0.478 e. The summed E-state index contributed by atoms with van der Waals surface area (Å²) >= 11 is 6.14. The summed E-state index contributed by atoms with van der Waals surface area (Å²) < 4.78 is 12.2. The highest BCUT2D eigenvalue weighted by Crippen LogP contribution is 2.29. The van der Waals surface area contributed by atoms with E-state index in [1.54, 1.807) is 36.4 Å². The summed E-state index contributed by atoms with van der Waals surface area (Å²) in [6.07, 6.45) is 0. The van der Waals surface area contributed by atoms with E-state index >= 15 is 0 Å². The molecule has 7 heteroatoms. The maximum atomic E-state index is 13.0. The molecule has 1 amide bonds. The van der Waals surface area contributed by atoms with Crippen molar-refractivity contribution in [2.75, 3.05) is 5.32 Å². The number of nitrogens with one attached hydrogen (secondary N) is 1. The lowest BCUT2D eigenvalue weighted by atomic mass is 10.1. The summed E-state index contributed by atoms with van der Waals surface area (Å²) in [6.45, 7) is 0. The molecule has 0 saturated heterocycles. The van der Waals surface area contributed by atoms with Gasteiger partial charge in [-0.05, 0) is 36.4 Å². The van der Waals surface area contributed by atoms with Crippen molar-refractivity contribution < 1.29 is 23.5 Å². The summed E-state index contributed by atoms with van der Waals surface area (Å²) in [5, 5.41) is 14.4. The zero-order valence-corrected chi connectivity index (χ0v) is 17.8. The van der Waals surface area contributed by atoms with Crippen LogP contribution in [0.1, 0.15) is 20.7 Å². The van der Waals surface area contributed by atoms with E-state index in [1.807, 2.05) is 36.4 Å². The standard InChI is InChI=1S/C26H16ClNO5/c27-19-9-3-4-10-20(19)28-25(29)17-13-23-24(14-18(17)26(30)31)33-22-12-6-2-8-16(22)15-7-1-5-11-21(15)32-23/h1-14H,(H,28,29)(H,30,31). The van der Waals surface area contributed by atoms with Gasteiger partial charge in [-0.15, -0.1) is 0 Å². The Kier molecular flexibility index (Phi) is 5.20. The third kappa shape index (κ3) is 3.88. The molecule has 0 radical (unpaired) electrons. The van der Waals surface area contributed by atoms with Gasteiger partial charge in [-0.2, -0.15) is 0 Å². The van der Waals surface area contributed by atoms with Crippen LogP contribution in [0, 0.1) is 0 Å². The topological polar surface area (TPSA) is 92.7 Å². The molecule has 0 fully saturated rings. The van der Waals surface area contributed by atoms with Crippen molar-refractivity contribution in [1.29, 1.82) is 0 Å². The van der Waals surface area contributed by atoms with Gasteiger partial charge in [0.2, 0.25) is 0 Å². The molecule has 33 heavy (non-hydrogen) atoms. The third-order valence-corrected chi connectivity index (χ3v) is 5.51. The Morgan fingerprint density at radius 2 is 1.21 bits per heavy atom. The molecular formula is C26H16ClNO5. The second-order valence-corrected chi connectivity index (χ2v) is 7.69. The van der Waals surface area contributed by atoms with Crippen molar-refractivity contribution in [1.82, 2.24) is 0 Å². The van der Waals surface area contributed by atoms with Gasteiger partial charge in [0.1, 0.15) is 11.2 Å². The molecule has 4 aromatic carbocycles. The lowest BCUT2D eigenvalue weighted by Gasteiger charge is -2.10. The van der Waals surface area contributed by atoms with E-state index in [2.05, 4.69) is 5.32 Å². The zero-order valence-electron chi connectivity index (χ0n) is 17.0. The summed E-state index contributed by atoms with van der Waals surface area (Å²) in [7, 11) is 0. The second kappa shape index (κ2) is 8.33. The minimum Gasteiger partial charge on any atom is -0.478 e. The van der Waals surface area contributed by atoms with Gasteiger partial charge in [-0.25, -0.2) is 4.79 Å². The van der Waals surface area contributed by atoms with Crippen LogP contribution in [0.3, 0.4) is 0 Å². The van der Waals surface area contributed by atoms with Gasteiger partial charge < -0.3 is 19.3 Å². The molecular weight excluding hydrogens is 442 g/mol. The highest BCUT2D eigenvalue weighted by molar-refractivity contribution is 6.34. The minimum absolute atomic E-state index is 0.0869. The number of hydrogen-bond donors (Lipinski definition) is 2. The summed E-state index contributed by atoms with van der Waals surface area (Å²) in [6, 6.07) is 24.2. The van der Waals surface area contributed by atoms with Crippen LogP contribution in [0.2, 0.25) is 5.02 Å². The molecule has 6 nitrogen and oxygen atoms in total. The molecule has 0 spiro atoms. The van der Waals surface area contributed by atoms with E-state index in [9.17, 15) is 14.7 Å². The van der Waals surface area contributed by atoms with Crippen LogP contribution in [-0.4, -0.2) is 17.0 Å². The van der Waals surface area contributed by atoms with Gasteiger partial charge in [0.05, 0.1) is 21.8 Å². The molecule has 0 saturated carbocycles. The van der Waals surface area contributed by atoms with Crippen LogP contribution in [0.25, 0.3) is 33.1 Å². The average molecular weight is 458 g/mol. The first-order valence-electron chi connectivity index (χ1n) is 10.0. The van der Waals surface area contributed by atoms with E-state index in [0.29, 0.717) is 21.9 Å². The number of benzene rings is 4. The minimum atomic E-state index is -1.28. The molecule has 0 bridgehead atoms. The number of carbonyl (C=O) groups excluding carboxylic acids is 1. The number of rotatable bonds is 3. The molecule has 0 aliphatic rings. The van der Waals surface area contributed by atoms with E-state index in [1.165, 1.54) is 12.1 Å². The molecule has 5 aromatic rings. The molecule has 162 valence electrons. The number of carbonyl (C=O) groups is 2. The molecule has 5 rings (SSSR count). The number of fused-ring (bicyclic) bond motifs is 4. The van der Waals surface area contributed by atoms with E-state index in [-0.39, 0.29) is 22.3 Å². The van der Waals surface area contributed by atoms with Gasteiger partial charge in [0, 0.05) is 10.8 Å². The molecule has 1 aromatic heterocycles. The summed E-state index contributed by atoms with van der Waals surface area (Å²) in [5.74, 6) is -1.91. The number of anilines is 1. The van der Waals surface area contributed by atoms with Crippen molar-refractivity contribution in [3.05, 3.63) is 101 Å². The maximum Gasteiger partial charge on any atom is 0.336 e. The van der Waals surface area contributed by atoms with Crippen LogP contribution in [0.4, 0.5) is 5.69 Å². The SMILES string of the molecule is O=C(O)c1cc2oc3ccccc3c3ccccc3oc2cc1C(=O)Nc1ccccc1Cl. The van der Waals surface area contributed by atoms with E-state index < -0.39 is 11.9 Å². The maximum absolute atomic E-state index is 13.0. The van der Waals surface area contributed by atoms with Crippen LogP contribution in [0.5, 0.6) is 0 Å². The Labute approximate surface area is 192 Å². The first-order chi connectivity index (χ1) is 16.0. The highest BCUT2D eigenvalue weighted by Gasteiger charge is 2.20. The monoisotopic (exact) mass is 457 g/mol. The predicted molar refractivity (Wildman–Crippen MR) is 127 cm³/mol. The van der Waals surface area contributed by atoms with Gasteiger partial charge >= 0.3 is 5.97 Å². The molecule has 0 unspecified atom stereocenters. The van der Waals surface area contributed by atoms with Crippen LogP contribution < -0.4 is 5.32 Å². The number of para-hydroxylation sites is 3. The lowest BCUT2D eigenvalue weighted by molar-refractivity contribution is 0.0692. The Bertz CT molecular complexity index is 1610. The van der Waals surface area contributed by atoms with Crippen LogP contribution in [-0.2, 0) is 0 Å². The van der Waals surface area contributed by atoms with Gasteiger partial charge in [0.15, 0.2) is 11.2 Å². The number of aromatic carboxylic acids is 1. The average Bonchev–Trinajstić information content (AvgIpc) is 2.80. The van der Waals surface area contributed by atoms with Crippen molar-refractivity contribution in [3.8, 4) is 0 Å². The summed E-state index contributed by atoms with van der Waals surface area (Å²) in [5.41, 5.74) is 1.54. The zero-order chi connectivity index (χ0) is 22.9. The molecule has 0 aliphatic heterocycles. The first kappa shape index (κ1) is 20.6. The summed E-state index contributed by atoms with van der Waals surface area (Å²) in [4.78, 5) is 25.1. The molecule has 1 heterocycles. The van der Waals surface area contributed by atoms with Crippen molar-refractivity contribution >= 4 is 62.3 Å². The van der Waals surface area contributed by atoms with Gasteiger partial charge in [-0.1, -0.05) is 60.1 Å². The fraction of sp³-hybridized carbons (Fsp3) is 0. The predicted octanol–water partition coefficient (Wildman–Crippen LogP) is 7.06. The number of halogens is 1. The Morgan fingerprint density at radius 3 is 1.79 bits per heavy atom. The fourth-order valence-corrected chi connectivity index (χ4v) is 3.81. The number of carboxylic acids is 1. The third-order valence-electron chi connectivity index (χ3n) is 5.19. The highest BCUT2D eigenvalue weighted by atomic mass is 35.5. The van der Waals surface area contributed by atoms with Crippen LogP contribution >= 0.6 is 11.6 Å². The number of hydrogen-bond acceptors (Lipinski definition) is 4. The van der Waals surface area contributed by atoms with Crippen LogP contribution in [0.15, 0.2) is 93.8 Å². The molecule has 0 atom stereocenters. The second-order valence-electron chi connectivity index (χ2n) is 7.28. The van der Waals surface area contributed by atoms with E-state index in [4.69, 9.17) is 20.4 Å². The van der Waals surface area contributed by atoms with Gasteiger partial charge in [-0.3, -0.25) is 4.79 Å². The Balaban J connectivity index is 1.80. The fourth-order valence-electron chi connectivity index (χ4n) is 3.63. The number of amides is 1. The van der Waals surface area contributed by atoms with Crippen molar-refractivity contribution in [2.24, 2.45) is 0 Å². The lowest BCUT2D eigenvalue weighted by Crippen LogP contribution is -2.16. The smallest absolute Gasteiger partial charge is 0.336 e.